The molecule has 0 aromatic carbocycles. The van der Waals surface area contributed by atoms with Crippen molar-refractivity contribution < 1.29 is 0 Å². The fraction of sp³-hybridized carbons (Fsp3) is 0.583. The lowest BCUT2D eigenvalue weighted by atomic mass is 10.1. The fourth-order valence-electron chi connectivity index (χ4n) is 1.48. The quantitative estimate of drug-likeness (QED) is 0.613. The van der Waals surface area contributed by atoms with Gasteiger partial charge in [-0.15, -0.1) is 0 Å². The molecular formula is C12H20N4. The minimum atomic E-state index is 0.526. The van der Waals surface area contributed by atoms with Crippen LogP contribution in [-0.2, 0) is 0 Å². The Morgan fingerprint density at radius 3 is 2.31 bits per heavy atom. The number of anilines is 1. The zero-order valence-electron chi connectivity index (χ0n) is 10.5. The molecule has 0 radical (unpaired) electrons. The average molecular weight is 220 g/mol. The molecule has 16 heavy (non-hydrogen) atoms. The van der Waals surface area contributed by atoms with Crippen molar-refractivity contribution in [3.8, 4) is 0 Å². The summed E-state index contributed by atoms with van der Waals surface area (Å²) in [4.78, 5) is 8.49. The maximum absolute atomic E-state index is 4.25. The number of nitrogens with zero attached hydrogens (tertiary/aromatic N) is 3. The van der Waals surface area contributed by atoms with Gasteiger partial charge in [0.25, 0.3) is 0 Å². The summed E-state index contributed by atoms with van der Waals surface area (Å²) in [5.74, 6) is 1.10. The van der Waals surface area contributed by atoms with Crippen LogP contribution in [-0.4, -0.2) is 16.2 Å². The third kappa shape index (κ3) is 3.96. The molecule has 88 valence electrons. The number of nitrogens with one attached hydrogen (secondary N) is 1. The lowest BCUT2D eigenvalue weighted by Crippen LogP contribution is -2.03. The fourth-order valence-corrected chi connectivity index (χ4v) is 1.48. The lowest BCUT2D eigenvalue weighted by molar-refractivity contribution is 0.654. The molecule has 4 heteroatoms. The SMILES string of the molecule is CCC(C=NNc1nc(C)cc(C)n1)CC. The molecule has 0 aliphatic heterocycles. The second-order valence-electron chi connectivity index (χ2n) is 3.94. The van der Waals surface area contributed by atoms with Crippen LogP contribution in [0, 0.1) is 19.8 Å². The molecule has 0 bridgehead atoms. The van der Waals surface area contributed by atoms with Crippen LogP contribution < -0.4 is 5.43 Å². The lowest BCUT2D eigenvalue weighted by Gasteiger charge is -2.05. The highest BCUT2D eigenvalue weighted by molar-refractivity contribution is 5.61. The van der Waals surface area contributed by atoms with E-state index in [0.29, 0.717) is 11.9 Å². The molecule has 0 saturated heterocycles. The number of rotatable bonds is 5. The van der Waals surface area contributed by atoms with Crippen LogP contribution in [0.2, 0.25) is 0 Å². The van der Waals surface area contributed by atoms with Crippen LogP contribution >= 0.6 is 0 Å². The van der Waals surface area contributed by atoms with Crippen molar-refractivity contribution in [2.24, 2.45) is 11.0 Å². The predicted octanol–water partition coefficient (Wildman–Crippen LogP) is 2.93. The molecule has 1 heterocycles. The van der Waals surface area contributed by atoms with Gasteiger partial charge in [-0.2, -0.15) is 5.10 Å². The van der Waals surface area contributed by atoms with Crippen molar-refractivity contribution in [3.63, 3.8) is 0 Å². The molecule has 4 nitrogen and oxygen atoms in total. The number of aryl methyl sites for hydroxylation is 2. The molecule has 0 aliphatic rings. The summed E-state index contributed by atoms with van der Waals surface area (Å²) < 4.78 is 0. The molecule has 0 aliphatic carbocycles. The zero-order chi connectivity index (χ0) is 12.0. The Morgan fingerprint density at radius 2 is 1.81 bits per heavy atom. The van der Waals surface area contributed by atoms with Crippen molar-refractivity contribution >= 4 is 12.2 Å². The van der Waals surface area contributed by atoms with E-state index in [2.05, 4.69) is 34.3 Å². The summed E-state index contributed by atoms with van der Waals surface area (Å²) in [5, 5.41) is 4.17. The maximum Gasteiger partial charge on any atom is 0.243 e. The smallest absolute Gasteiger partial charge is 0.243 e. The number of aromatic nitrogens is 2. The topological polar surface area (TPSA) is 50.2 Å². The Kier molecular flexibility index (Phi) is 4.89. The summed E-state index contributed by atoms with van der Waals surface area (Å²) >= 11 is 0. The first-order valence-corrected chi connectivity index (χ1v) is 5.77. The molecule has 0 spiro atoms. The molecule has 1 rings (SSSR count). The van der Waals surface area contributed by atoms with Gasteiger partial charge >= 0.3 is 0 Å². The molecular weight excluding hydrogens is 200 g/mol. The Hall–Kier alpha value is -1.45. The van der Waals surface area contributed by atoms with Crippen molar-refractivity contribution in [1.29, 1.82) is 0 Å². The van der Waals surface area contributed by atoms with Crippen molar-refractivity contribution in [2.45, 2.75) is 40.5 Å². The summed E-state index contributed by atoms with van der Waals surface area (Å²) in [6, 6.07) is 1.94. The van der Waals surface area contributed by atoms with Crippen LogP contribution in [0.3, 0.4) is 0 Å². The van der Waals surface area contributed by atoms with Gasteiger partial charge in [0.05, 0.1) is 0 Å². The van der Waals surface area contributed by atoms with E-state index in [1.807, 2.05) is 26.1 Å². The highest BCUT2D eigenvalue weighted by Gasteiger charge is 1.99. The van der Waals surface area contributed by atoms with Crippen LogP contribution in [0.15, 0.2) is 11.2 Å². The van der Waals surface area contributed by atoms with Crippen molar-refractivity contribution in [3.05, 3.63) is 17.5 Å². The van der Waals surface area contributed by atoms with Gasteiger partial charge in [-0.25, -0.2) is 15.4 Å². The number of hydrogen-bond donors (Lipinski definition) is 1. The normalized spacial score (nSPS) is 11.3. The van der Waals surface area contributed by atoms with Crippen molar-refractivity contribution in [1.82, 2.24) is 9.97 Å². The Labute approximate surface area is 97.2 Å². The van der Waals surface area contributed by atoms with Crippen LogP contribution in [0.4, 0.5) is 5.95 Å². The third-order valence-electron chi connectivity index (χ3n) is 2.48. The molecule has 1 N–H and O–H groups in total. The largest absolute Gasteiger partial charge is 0.245 e. The van der Waals surface area contributed by atoms with Crippen LogP contribution in [0.1, 0.15) is 38.1 Å². The predicted molar refractivity (Wildman–Crippen MR) is 67.7 cm³/mol. The second kappa shape index (κ2) is 6.20. The van der Waals surface area contributed by atoms with E-state index in [-0.39, 0.29) is 0 Å². The van der Waals surface area contributed by atoms with Gasteiger partial charge in [-0.05, 0) is 38.7 Å². The molecule has 0 amide bonds. The molecule has 0 unspecified atom stereocenters. The third-order valence-corrected chi connectivity index (χ3v) is 2.48. The van der Waals surface area contributed by atoms with Gasteiger partial charge in [0.15, 0.2) is 0 Å². The summed E-state index contributed by atoms with van der Waals surface area (Å²) in [5.41, 5.74) is 4.78. The Bertz CT molecular complexity index is 336. The summed E-state index contributed by atoms with van der Waals surface area (Å²) in [6.45, 7) is 8.22. The highest BCUT2D eigenvalue weighted by atomic mass is 15.3. The summed E-state index contributed by atoms with van der Waals surface area (Å²) in [7, 11) is 0. The zero-order valence-corrected chi connectivity index (χ0v) is 10.5. The minimum absolute atomic E-state index is 0.526. The number of hydrogen-bond acceptors (Lipinski definition) is 4. The monoisotopic (exact) mass is 220 g/mol. The minimum Gasteiger partial charge on any atom is -0.245 e. The first kappa shape index (κ1) is 12.6. The van der Waals surface area contributed by atoms with Gasteiger partial charge in [-0.3, -0.25) is 0 Å². The second-order valence-corrected chi connectivity index (χ2v) is 3.94. The maximum atomic E-state index is 4.25. The Balaban J connectivity index is 2.60. The van der Waals surface area contributed by atoms with Crippen LogP contribution in [0.5, 0.6) is 0 Å². The van der Waals surface area contributed by atoms with Crippen LogP contribution in [0.25, 0.3) is 0 Å². The van der Waals surface area contributed by atoms with Gasteiger partial charge < -0.3 is 0 Å². The van der Waals surface area contributed by atoms with E-state index >= 15 is 0 Å². The molecule has 0 atom stereocenters. The van der Waals surface area contributed by atoms with E-state index in [9.17, 15) is 0 Å². The molecule has 1 aromatic rings. The van der Waals surface area contributed by atoms with E-state index in [1.54, 1.807) is 0 Å². The standard InChI is InChI=1S/C12H20N4/c1-5-11(6-2)8-13-16-12-14-9(3)7-10(4)15-12/h7-8,11H,5-6H2,1-4H3,(H,14,15,16). The first-order chi connectivity index (χ1) is 7.65. The van der Waals surface area contributed by atoms with Gasteiger partial charge in [0.1, 0.15) is 0 Å². The van der Waals surface area contributed by atoms with Gasteiger partial charge in [0, 0.05) is 17.6 Å². The van der Waals surface area contributed by atoms with Gasteiger partial charge in [0.2, 0.25) is 5.95 Å². The van der Waals surface area contributed by atoms with E-state index < -0.39 is 0 Å². The van der Waals surface area contributed by atoms with Gasteiger partial charge in [-0.1, -0.05) is 13.8 Å². The van der Waals surface area contributed by atoms with Crippen molar-refractivity contribution in [2.75, 3.05) is 5.43 Å². The highest BCUT2D eigenvalue weighted by Crippen LogP contribution is 2.05. The molecule has 0 fully saturated rings. The average Bonchev–Trinajstić information content (AvgIpc) is 2.23. The number of hydrazone groups is 1. The molecule has 0 saturated carbocycles. The van der Waals surface area contributed by atoms with E-state index in [0.717, 1.165) is 24.2 Å². The Morgan fingerprint density at radius 1 is 1.25 bits per heavy atom. The molecule has 1 aromatic heterocycles. The van der Waals surface area contributed by atoms with E-state index in [1.165, 1.54) is 0 Å². The summed E-state index contributed by atoms with van der Waals surface area (Å²) in [6.07, 6.45) is 4.14. The van der Waals surface area contributed by atoms with E-state index in [4.69, 9.17) is 0 Å². The first-order valence-electron chi connectivity index (χ1n) is 5.77.